The van der Waals surface area contributed by atoms with Crippen molar-refractivity contribution in [1.29, 1.82) is 0 Å². The fourth-order valence-corrected chi connectivity index (χ4v) is 3.44. The molecule has 4 rings (SSSR count). The molecule has 2 aromatic carbocycles. The first-order valence-corrected chi connectivity index (χ1v) is 10.3. The molecule has 166 valence electrons. The number of pyridine rings is 1. The largest absolute Gasteiger partial charge is 0.494 e. The number of amides is 2. The topological polar surface area (TPSA) is 98.1 Å². The molecule has 0 aliphatic rings. The molecule has 2 heterocycles. The summed E-state index contributed by atoms with van der Waals surface area (Å²) >= 11 is 0. The third-order valence-electron chi connectivity index (χ3n) is 5.23. The second-order valence-electron chi connectivity index (χ2n) is 7.41. The van der Waals surface area contributed by atoms with E-state index in [4.69, 9.17) is 4.74 Å². The molecule has 0 unspecified atom stereocenters. The first-order valence-electron chi connectivity index (χ1n) is 10.3. The van der Waals surface area contributed by atoms with E-state index in [2.05, 4.69) is 20.7 Å². The lowest BCUT2D eigenvalue weighted by Crippen LogP contribution is -2.15. The maximum atomic E-state index is 12.9. The molecular formula is C25H23N5O3. The van der Waals surface area contributed by atoms with Crippen LogP contribution in [0.2, 0.25) is 0 Å². The number of methoxy groups -OCH3 is 1. The van der Waals surface area contributed by atoms with E-state index in [1.165, 1.54) is 13.3 Å². The zero-order valence-electron chi connectivity index (χ0n) is 18.5. The van der Waals surface area contributed by atoms with E-state index in [9.17, 15) is 9.59 Å². The first-order chi connectivity index (χ1) is 16.0. The van der Waals surface area contributed by atoms with Crippen molar-refractivity contribution < 1.29 is 14.3 Å². The Balaban J connectivity index is 1.52. The number of para-hydroxylation sites is 1. The average molecular weight is 441 g/mol. The lowest BCUT2D eigenvalue weighted by molar-refractivity contribution is 0.101. The number of aromatic nitrogens is 3. The standard InChI is InChI=1S/C25H23N5O3/c1-16-7-4-5-9-22(16)30-17(2)20(15-27-30)25(32)28-19-10-11-21(23(13-19)33-3)29-24(31)18-8-6-12-26-14-18/h4-15H,1-3H3,(H,28,32)(H,29,31). The lowest BCUT2D eigenvalue weighted by atomic mass is 10.2. The van der Waals surface area contributed by atoms with Gasteiger partial charge in [0.1, 0.15) is 5.75 Å². The smallest absolute Gasteiger partial charge is 0.259 e. The van der Waals surface area contributed by atoms with E-state index < -0.39 is 0 Å². The van der Waals surface area contributed by atoms with Crippen LogP contribution in [0.4, 0.5) is 11.4 Å². The number of hydrogen-bond donors (Lipinski definition) is 2. The van der Waals surface area contributed by atoms with Gasteiger partial charge in [0, 0.05) is 24.1 Å². The SMILES string of the molecule is COc1cc(NC(=O)c2cnn(-c3ccccc3C)c2C)ccc1NC(=O)c1cccnc1. The van der Waals surface area contributed by atoms with Gasteiger partial charge in [0.15, 0.2) is 0 Å². The van der Waals surface area contributed by atoms with Gasteiger partial charge in [-0.2, -0.15) is 5.10 Å². The van der Waals surface area contributed by atoms with E-state index in [0.717, 1.165) is 16.9 Å². The third-order valence-corrected chi connectivity index (χ3v) is 5.23. The Labute approximate surface area is 191 Å². The van der Waals surface area contributed by atoms with Crippen molar-refractivity contribution >= 4 is 23.2 Å². The monoisotopic (exact) mass is 441 g/mol. The number of carbonyl (C=O) groups excluding carboxylic acids is 2. The molecule has 0 saturated carbocycles. The number of aryl methyl sites for hydroxylation is 1. The van der Waals surface area contributed by atoms with Crippen LogP contribution >= 0.6 is 0 Å². The fourth-order valence-electron chi connectivity index (χ4n) is 3.44. The molecule has 0 bridgehead atoms. The predicted octanol–water partition coefficient (Wildman–Crippen LogP) is 4.40. The Morgan fingerprint density at radius 2 is 1.76 bits per heavy atom. The second kappa shape index (κ2) is 9.35. The van der Waals surface area contributed by atoms with Crippen LogP contribution in [0.25, 0.3) is 5.69 Å². The highest BCUT2D eigenvalue weighted by atomic mass is 16.5. The van der Waals surface area contributed by atoms with Gasteiger partial charge in [0.25, 0.3) is 11.8 Å². The van der Waals surface area contributed by atoms with E-state index in [0.29, 0.717) is 28.3 Å². The molecule has 2 amide bonds. The van der Waals surface area contributed by atoms with E-state index in [1.54, 1.807) is 47.4 Å². The van der Waals surface area contributed by atoms with Crippen LogP contribution in [0.3, 0.4) is 0 Å². The summed E-state index contributed by atoms with van der Waals surface area (Å²) in [5.74, 6) is -0.184. The molecule has 2 aromatic heterocycles. The van der Waals surface area contributed by atoms with Crippen LogP contribution in [0.1, 0.15) is 32.0 Å². The van der Waals surface area contributed by atoms with Gasteiger partial charge in [-0.1, -0.05) is 18.2 Å². The average Bonchev–Trinajstić information content (AvgIpc) is 3.22. The minimum atomic E-state index is -0.308. The van der Waals surface area contributed by atoms with Gasteiger partial charge < -0.3 is 15.4 Å². The summed E-state index contributed by atoms with van der Waals surface area (Å²) in [5.41, 5.74) is 4.61. The molecular weight excluding hydrogens is 418 g/mol. The normalized spacial score (nSPS) is 10.5. The van der Waals surface area contributed by atoms with Gasteiger partial charge in [-0.05, 0) is 49.7 Å². The molecule has 0 fully saturated rings. The summed E-state index contributed by atoms with van der Waals surface area (Å²) in [6.07, 6.45) is 4.63. The zero-order valence-corrected chi connectivity index (χ0v) is 18.5. The summed E-state index contributed by atoms with van der Waals surface area (Å²) in [7, 11) is 1.50. The second-order valence-corrected chi connectivity index (χ2v) is 7.41. The summed E-state index contributed by atoms with van der Waals surface area (Å²) < 4.78 is 7.16. The van der Waals surface area contributed by atoms with E-state index >= 15 is 0 Å². The van der Waals surface area contributed by atoms with Crippen LogP contribution in [0, 0.1) is 13.8 Å². The molecule has 0 saturated heterocycles. The highest BCUT2D eigenvalue weighted by Crippen LogP contribution is 2.29. The molecule has 0 radical (unpaired) electrons. The minimum Gasteiger partial charge on any atom is -0.494 e. The van der Waals surface area contributed by atoms with Crippen molar-refractivity contribution in [2.75, 3.05) is 17.7 Å². The highest BCUT2D eigenvalue weighted by molar-refractivity contribution is 6.06. The Morgan fingerprint density at radius 1 is 0.939 bits per heavy atom. The Hall–Kier alpha value is -4.46. The summed E-state index contributed by atoms with van der Waals surface area (Å²) in [5, 5.41) is 10.1. The minimum absolute atomic E-state index is 0.290. The number of benzene rings is 2. The van der Waals surface area contributed by atoms with Crippen LogP contribution in [-0.4, -0.2) is 33.7 Å². The van der Waals surface area contributed by atoms with Crippen molar-refractivity contribution in [3.05, 3.63) is 95.6 Å². The molecule has 2 N–H and O–H groups in total. The fraction of sp³-hybridized carbons (Fsp3) is 0.120. The van der Waals surface area contributed by atoms with Gasteiger partial charge in [-0.25, -0.2) is 4.68 Å². The number of anilines is 2. The quantitative estimate of drug-likeness (QED) is 0.462. The van der Waals surface area contributed by atoms with Gasteiger partial charge in [-0.3, -0.25) is 14.6 Å². The van der Waals surface area contributed by atoms with Gasteiger partial charge >= 0.3 is 0 Å². The predicted molar refractivity (Wildman–Crippen MR) is 126 cm³/mol. The van der Waals surface area contributed by atoms with Crippen molar-refractivity contribution in [2.45, 2.75) is 13.8 Å². The van der Waals surface area contributed by atoms with Gasteiger partial charge in [0.05, 0.1) is 41.5 Å². The van der Waals surface area contributed by atoms with Gasteiger partial charge in [-0.15, -0.1) is 0 Å². The van der Waals surface area contributed by atoms with Crippen LogP contribution in [0.15, 0.2) is 73.2 Å². The molecule has 0 aliphatic heterocycles. The van der Waals surface area contributed by atoms with Crippen molar-refractivity contribution in [2.24, 2.45) is 0 Å². The van der Waals surface area contributed by atoms with Crippen LogP contribution < -0.4 is 15.4 Å². The number of nitrogens with one attached hydrogen (secondary N) is 2. The Bertz CT molecular complexity index is 1310. The summed E-state index contributed by atoms with van der Waals surface area (Å²) in [6.45, 7) is 3.85. The Kier molecular flexibility index (Phi) is 6.17. The van der Waals surface area contributed by atoms with E-state index in [-0.39, 0.29) is 11.8 Å². The molecule has 8 nitrogen and oxygen atoms in total. The number of hydrogen-bond acceptors (Lipinski definition) is 5. The number of nitrogens with zero attached hydrogens (tertiary/aromatic N) is 3. The van der Waals surface area contributed by atoms with E-state index in [1.807, 2.05) is 38.1 Å². The van der Waals surface area contributed by atoms with Gasteiger partial charge in [0.2, 0.25) is 0 Å². The molecule has 33 heavy (non-hydrogen) atoms. The van der Waals surface area contributed by atoms with Crippen LogP contribution in [-0.2, 0) is 0 Å². The number of carbonyl (C=O) groups is 2. The van der Waals surface area contributed by atoms with Crippen molar-refractivity contribution in [1.82, 2.24) is 14.8 Å². The zero-order chi connectivity index (χ0) is 23.4. The maximum Gasteiger partial charge on any atom is 0.259 e. The summed E-state index contributed by atoms with van der Waals surface area (Å²) in [4.78, 5) is 29.3. The molecule has 0 atom stereocenters. The molecule has 0 spiro atoms. The van der Waals surface area contributed by atoms with Crippen LogP contribution in [0.5, 0.6) is 5.75 Å². The number of ether oxygens (including phenoxy) is 1. The highest BCUT2D eigenvalue weighted by Gasteiger charge is 2.17. The lowest BCUT2D eigenvalue weighted by Gasteiger charge is -2.13. The molecule has 8 heteroatoms. The van der Waals surface area contributed by atoms with Crippen molar-refractivity contribution in [3.63, 3.8) is 0 Å². The maximum absolute atomic E-state index is 12.9. The molecule has 4 aromatic rings. The van der Waals surface area contributed by atoms with Crippen molar-refractivity contribution in [3.8, 4) is 11.4 Å². The third kappa shape index (κ3) is 4.59. The molecule has 0 aliphatic carbocycles. The number of rotatable bonds is 6. The first kappa shape index (κ1) is 21.8. The Morgan fingerprint density at radius 3 is 2.48 bits per heavy atom. The summed E-state index contributed by atoms with van der Waals surface area (Å²) in [6, 6.07) is 16.2.